The largest absolute Gasteiger partial charge is 0.388 e. The Labute approximate surface area is 132 Å². The molecule has 1 saturated heterocycles. The zero-order valence-corrected chi connectivity index (χ0v) is 13.5. The third-order valence-electron chi connectivity index (χ3n) is 3.77. The lowest BCUT2D eigenvalue weighted by Crippen LogP contribution is -2.50. The molecule has 1 amide bonds. The summed E-state index contributed by atoms with van der Waals surface area (Å²) in [6.07, 6.45) is 1.45. The molecule has 112 valence electrons. The minimum absolute atomic E-state index is 0.0793. The Bertz CT molecular complexity index is 585. The van der Waals surface area contributed by atoms with Gasteiger partial charge in [0.25, 0.3) is 0 Å². The van der Waals surface area contributed by atoms with Gasteiger partial charge < -0.3 is 15.3 Å². The van der Waals surface area contributed by atoms with Crippen molar-refractivity contribution in [2.75, 3.05) is 25.0 Å². The number of carbonyl (C=O) groups excluding carboxylic acids is 1. The summed E-state index contributed by atoms with van der Waals surface area (Å²) in [6.45, 7) is 1.12. The zero-order chi connectivity index (χ0) is 15.5. The Morgan fingerprint density at radius 2 is 2.38 bits per heavy atom. The van der Waals surface area contributed by atoms with Crippen LogP contribution in [0.5, 0.6) is 0 Å². The normalized spacial score (nSPS) is 21.7. The van der Waals surface area contributed by atoms with Gasteiger partial charge in [-0.2, -0.15) is 5.26 Å². The maximum atomic E-state index is 11.6. The van der Waals surface area contributed by atoms with E-state index in [1.54, 1.807) is 7.05 Å². The van der Waals surface area contributed by atoms with Crippen molar-refractivity contribution < 1.29 is 9.90 Å². The van der Waals surface area contributed by atoms with Crippen LogP contribution in [-0.2, 0) is 4.79 Å². The Balaban J connectivity index is 2.24. The Morgan fingerprint density at radius 1 is 1.62 bits per heavy atom. The highest BCUT2D eigenvalue weighted by molar-refractivity contribution is 9.10. The van der Waals surface area contributed by atoms with Crippen LogP contribution >= 0.6 is 15.9 Å². The summed E-state index contributed by atoms with van der Waals surface area (Å²) in [7, 11) is 1.56. The molecule has 1 fully saturated rings. The molecular formula is C15H18BrN3O2. The van der Waals surface area contributed by atoms with Gasteiger partial charge in [0.15, 0.2) is 0 Å². The molecule has 2 N–H and O–H groups in total. The first-order valence-corrected chi connectivity index (χ1v) is 7.65. The number of carbonyl (C=O) groups is 1. The van der Waals surface area contributed by atoms with Crippen molar-refractivity contribution in [1.82, 2.24) is 5.32 Å². The van der Waals surface area contributed by atoms with Crippen LogP contribution < -0.4 is 10.2 Å². The van der Waals surface area contributed by atoms with Crippen LogP contribution in [0.2, 0.25) is 0 Å². The van der Waals surface area contributed by atoms with Gasteiger partial charge in [0.2, 0.25) is 5.91 Å². The van der Waals surface area contributed by atoms with E-state index in [4.69, 9.17) is 0 Å². The average Bonchev–Trinajstić information content (AvgIpc) is 2.46. The predicted octanol–water partition coefficient (Wildman–Crippen LogP) is 1.79. The molecule has 1 aromatic rings. The number of nitrogens with one attached hydrogen (secondary N) is 1. The third kappa shape index (κ3) is 3.55. The van der Waals surface area contributed by atoms with Crippen LogP contribution in [0.3, 0.4) is 0 Å². The SMILES string of the molecule is CNC(=O)CC1(O)CCCN(c2cccc(Br)c2C#N)C1. The second kappa shape index (κ2) is 6.46. The number of halogens is 1. The van der Waals surface area contributed by atoms with Crippen molar-refractivity contribution in [2.45, 2.75) is 24.9 Å². The summed E-state index contributed by atoms with van der Waals surface area (Å²) >= 11 is 3.38. The van der Waals surface area contributed by atoms with Crippen molar-refractivity contribution in [3.05, 3.63) is 28.2 Å². The van der Waals surface area contributed by atoms with Crippen LogP contribution in [0, 0.1) is 11.3 Å². The summed E-state index contributed by atoms with van der Waals surface area (Å²) in [4.78, 5) is 13.5. The van der Waals surface area contributed by atoms with E-state index in [-0.39, 0.29) is 12.3 Å². The number of hydrogen-bond donors (Lipinski definition) is 2. The van der Waals surface area contributed by atoms with Crippen molar-refractivity contribution in [1.29, 1.82) is 5.26 Å². The van der Waals surface area contributed by atoms with E-state index in [9.17, 15) is 15.2 Å². The standard InChI is InChI=1S/C15H18BrN3O2/c1-18-14(20)8-15(21)6-3-7-19(10-15)13-5-2-4-12(16)11(13)9-17/h2,4-5,21H,3,6-8,10H2,1H3,(H,18,20). The van der Waals surface area contributed by atoms with Crippen LogP contribution in [0.15, 0.2) is 22.7 Å². The number of benzene rings is 1. The van der Waals surface area contributed by atoms with Gasteiger partial charge in [-0.3, -0.25) is 4.79 Å². The summed E-state index contributed by atoms with van der Waals surface area (Å²) in [5.41, 5.74) is 0.302. The summed E-state index contributed by atoms with van der Waals surface area (Å²) in [6, 6.07) is 7.75. The number of piperidine rings is 1. The highest BCUT2D eigenvalue weighted by atomic mass is 79.9. The maximum Gasteiger partial charge on any atom is 0.222 e. The van der Waals surface area contributed by atoms with Crippen molar-refractivity contribution in [2.24, 2.45) is 0 Å². The molecule has 0 spiro atoms. The predicted molar refractivity (Wildman–Crippen MR) is 83.9 cm³/mol. The molecule has 6 heteroatoms. The molecule has 5 nitrogen and oxygen atoms in total. The number of nitriles is 1. The number of anilines is 1. The van der Waals surface area contributed by atoms with E-state index in [1.807, 2.05) is 23.1 Å². The Hall–Kier alpha value is -1.58. The number of aliphatic hydroxyl groups is 1. The molecule has 1 heterocycles. The topological polar surface area (TPSA) is 76.4 Å². The molecule has 0 aromatic heterocycles. The lowest BCUT2D eigenvalue weighted by atomic mass is 9.88. The first-order chi connectivity index (χ1) is 9.99. The number of nitrogens with zero attached hydrogens (tertiary/aromatic N) is 2. The van der Waals surface area contributed by atoms with Gasteiger partial charge in [-0.1, -0.05) is 6.07 Å². The zero-order valence-electron chi connectivity index (χ0n) is 11.9. The quantitative estimate of drug-likeness (QED) is 0.870. The number of amides is 1. The highest BCUT2D eigenvalue weighted by Crippen LogP contribution is 2.32. The fourth-order valence-corrected chi connectivity index (χ4v) is 3.18. The number of β-amino-alcohol motifs (C(OH)–C–C–N with tert-alkyl or cyclic N) is 1. The van der Waals surface area contributed by atoms with E-state index < -0.39 is 5.60 Å². The molecule has 1 aliphatic rings. The van der Waals surface area contributed by atoms with Gasteiger partial charge in [0, 0.05) is 24.6 Å². The third-order valence-corrected chi connectivity index (χ3v) is 4.43. The molecule has 0 bridgehead atoms. The van der Waals surface area contributed by atoms with Crippen LogP contribution in [0.25, 0.3) is 0 Å². The first kappa shape index (κ1) is 15.8. The molecule has 0 saturated carbocycles. The smallest absolute Gasteiger partial charge is 0.222 e. The van der Waals surface area contributed by atoms with Gasteiger partial charge in [0.05, 0.1) is 23.3 Å². The summed E-state index contributed by atoms with van der Waals surface area (Å²) < 4.78 is 0.739. The molecular weight excluding hydrogens is 334 g/mol. The second-order valence-corrected chi connectivity index (χ2v) is 6.20. The minimum Gasteiger partial charge on any atom is -0.388 e. The van der Waals surface area contributed by atoms with E-state index >= 15 is 0 Å². The molecule has 0 aliphatic carbocycles. The van der Waals surface area contributed by atoms with Gasteiger partial charge in [-0.05, 0) is 40.9 Å². The molecule has 1 aliphatic heterocycles. The van der Waals surface area contributed by atoms with Crippen LogP contribution in [0.4, 0.5) is 5.69 Å². The number of hydrogen-bond acceptors (Lipinski definition) is 4. The monoisotopic (exact) mass is 351 g/mol. The van der Waals surface area contributed by atoms with Crippen molar-refractivity contribution >= 4 is 27.5 Å². The average molecular weight is 352 g/mol. The van der Waals surface area contributed by atoms with E-state index in [0.717, 1.165) is 23.1 Å². The lowest BCUT2D eigenvalue weighted by molar-refractivity contribution is -0.125. The fourth-order valence-electron chi connectivity index (χ4n) is 2.74. The van der Waals surface area contributed by atoms with Gasteiger partial charge in [-0.25, -0.2) is 0 Å². The first-order valence-electron chi connectivity index (χ1n) is 6.85. The van der Waals surface area contributed by atoms with Gasteiger partial charge >= 0.3 is 0 Å². The Kier molecular flexibility index (Phi) is 4.86. The maximum absolute atomic E-state index is 11.6. The summed E-state index contributed by atoms with van der Waals surface area (Å²) in [5, 5.41) is 22.5. The molecule has 1 unspecified atom stereocenters. The van der Waals surface area contributed by atoms with E-state index in [0.29, 0.717) is 18.5 Å². The Morgan fingerprint density at radius 3 is 3.05 bits per heavy atom. The molecule has 2 rings (SSSR count). The number of rotatable bonds is 3. The molecule has 1 aromatic carbocycles. The lowest BCUT2D eigenvalue weighted by Gasteiger charge is -2.40. The van der Waals surface area contributed by atoms with Crippen LogP contribution in [0.1, 0.15) is 24.8 Å². The van der Waals surface area contributed by atoms with Crippen molar-refractivity contribution in [3.63, 3.8) is 0 Å². The van der Waals surface area contributed by atoms with Gasteiger partial charge in [0.1, 0.15) is 6.07 Å². The second-order valence-electron chi connectivity index (χ2n) is 5.35. The summed E-state index contributed by atoms with van der Waals surface area (Å²) in [5.74, 6) is -0.172. The highest BCUT2D eigenvalue weighted by Gasteiger charge is 2.36. The fraction of sp³-hybridized carbons (Fsp3) is 0.467. The van der Waals surface area contributed by atoms with E-state index in [1.165, 1.54) is 0 Å². The van der Waals surface area contributed by atoms with Gasteiger partial charge in [-0.15, -0.1) is 0 Å². The van der Waals surface area contributed by atoms with Crippen LogP contribution in [-0.4, -0.2) is 36.8 Å². The molecule has 21 heavy (non-hydrogen) atoms. The molecule has 1 atom stereocenters. The molecule has 0 radical (unpaired) electrons. The van der Waals surface area contributed by atoms with E-state index in [2.05, 4.69) is 27.3 Å². The minimum atomic E-state index is -1.05. The van der Waals surface area contributed by atoms with Crippen molar-refractivity contribution in [3.8, 4) is 6.07 Å².